The Balaban J connectivity index is 1.89. The van der Waals surface area contributed by atoms with Crippen molar-refractivity contribution in [3.8, 4) is 23.0 Å². The summed E-state index contributed by atoms with van der Waals surface area (Å²) >= 11 is 3.36. The van der Waals surface area contributed by atoms with Gasteiger partial charge in [-0.15, -0.1) is 0 Å². The van der Waals surface area contributed by atoms with Gasteiger partial charge in [0.25, 0.3) is 5.91 Å². The van der Waals surface area contributed by atoms with Crippen molar-refractivity contribution in [3.05, 3.63) is 70.7 Å². The highest BCUT2D eigenvalue weighted by molar-refractivity contribution is 9.10. The number of halogens is 1. The van der Waals surface area contributed by atoms with Crippen molar-refractivity contribution in [2.24, 2.45) is 0 Å². The summed E-state index contributed by atoms with van der Waals surface area (Å²) < 4.78 is 40.3. The quantitative estimate of drug-likeness (QED) is 0.515. The fourth-order valence-corrected chi connectivity index (χ4v) is 4.58. The highest BCUT2D eigenvalue weighted by Gasteiger charge is 2.30. The summed E-state index contributed by atoms with van der Waals surface area (Å²) in [6.07, 6.45) is 0. The number of ether oxygens (including phenoxy) is 2. The third-order valence-electron chi connectivity index (χ3n) is 4.82. The summed E-state index contributed by atoms with van der Waals surface area (Å²) in [6, 6.07) is 16.7. The van der Waals surface area contributed by atoms with E-state index in [2.05, 4.69) is 21.2 Å². The summed E-state index contributed by atoms with van der Waals surface area (Å²) in [5, 5.41) is 2.76. The van der Waals surface area contributed by atoms with Crippen LogP contribution in [0.4, 0.5) is 5.69 Å². The summed E-state index contributed by atoms with van der Waals surface area (Å²) in [4.78, 5) is 12.7. The molecule has 160 valence electrons. The van der Waals surface area contributed by atoms with Crippen LogP contribution in [0.2, 0.25) is 0 Å². The van der Waals surface area contributed by atoms with Crippen LogP contribution in [-0.4, -0.2) is 32.2 Å². The first-order valence-corrected chi connectivity index (χ1v) is 11.7. The number of fused-ring (bicyclic) bond motifs is 2. The molecule has 4 rings (SSSR count). The fraction of sp³-hybridized carbons (Fsp3) is 0.136. The molecule has 1 heterocycles. The number of carbonyl (C=O) groups is 1. The Morgan fingerprint density at radius 3 is 2.48 bits per heavy atom. The zero-order valence-corrected chi connectivity index (χ0v) is 19.2. The largest absolute Gasteiger partial charge is 0.456 e. The van der Waals surface area contributed by atoms with Gasteiger partial charge in [-0.2, -0.15) is 0 Å². The molecule has 0 saturated heterocycles. The molecule has 0 fully saturated rings. The third kappa shape index (κ3) is 4.16. The lowest BCUT2D eigenvalue weighted by atomic mass is 10.1. The number of hydrogen-bond donors (Lipinski definition) is 1. The van der Waals surface area contributed by atoms with Crippen molar-refractivity contribution in [2.75, 3.05) is 18.9 Å². The molecule has 0 aliphatic carbocycles. The van der Waals surface area contributed by atoms with Gasteiger partial charge in [0, 0.05) is 24.1 Å². The number of nitrogens with zero attached hydrogens (tertiary/aromatic N) is 1. The maximum absolute atomic E-state index is 13.2. The molecule has 1 N–H and O–H groups in total. The minimum Gasteiger partial charge on any atom is -0.456 e. The van der Waals surface area contributed by atoms with Gasteiger partial charge in [-0.1, -0.05) is 35.0 Å². The molecule has 0 unspecified atom stereocenters. The minimum absolute atomic E-state index is 0.0635. The van der Waals surface area contributed by atoms with E-state index in [1.54, 1.807) is 55.5 Å². The highest BCUT2D eigenvalue weighted by atomic mass is 79.9. The minimum atomic E-state index is -3.92. The van der Waals surface area contributed by atoms with E-state index in [0.29, 0.717) is 17.2 Å². The normalized spacial score (nSPS) is 13.0. The van der Waals surface area contributed by atoms with Gasteiger partial charge in [0.2, 0.25) is 10.0 Å². The van der Waals surface area contributed by atoms with Crippen molar-refractivity contribution >= 4 is 37.5 Å². The van der Waals surface area contributed by atoms with Crippen LogP contribution in [0.3, 0.4) is 0 Å². The van der Waals surface area contributed by atoms with Crippen LogP contribution < -0.4 is 14.8 Å². The second-order valence-corrected chi connectivity index (χ2v) is 9.75. The molecule has 9 heteroatoms. The smallest absolute Gasteiger partial charge is 0.259 e. The predicted octanol–water partition coefficient (Wildman–Crippen LogP) is 5.24. The van der Waals surface area contributed by atoms with Gasteiger partial charge in [-0.25, -0.2) is 12.7 Å². The molecular formula is C22H19BrN2O5S. The van der Waals surface area contributed by atoms with Crippen LogP contribution in [0.25, 0.3) is 0 Å². The molecule has 0 radical (unpaired) electrons. The Kier molecular flexibility index (Phi) is 5.74. The van der Waals surface area contributed by atoms with Crippen molar-refractivity contribution < 1.29 is 22.7 Å². The number of carbonyl (C=O) groups excluding carboxylic acids is 1. The van der Waals surface area contributed by atoms with E-state index in [1.165, 1.54) is 23.5 Å². The van der Waals surface area contributed by atoms with Gasteiger partial charge in [0.15, 0.2) is 11.5 Å². The Morgan fingerprint density at radius 1 is 1.06 bits per heavy atom. The average Bonchev–Trinajstić information content (AvgIpc) is 2.89. The third-order valence-corrected chi connectivity index (χ3v) is 7.30. The lowest BCUT2D eigenvalue weighted by molar-refractivity contribution is 0.102. The van der Waals surface area contributed by atoms with Crippen molar-refractivity contribution in [3.63, 3.8) is 0 Å². The number of benzene rings is 3. The van der Waals surface area contributed by atoms with E-state index in [4.69, 9.17) is 9.47 Å². The summed E-state index contributed by atoms with van der Waals surface area (Å²) in [6.45, 7) is 1.98. The molecule has 3 aromatic rings. The second kappa shape index (κ2) is 8.33. The Labute approximate surface area is 188 Å². The van der Waals surface area contributed by atoms with E-state index in [-0.39, 0.29) is 28.5 Å². The van der Waals surface area contributed by atoms with Crippen LogP contribution >= 0.6 is 15.9 Å². The van der Waals surface area contributed by atoms with Crippen LogP contribution in [-0.2, 0) is 10.0 Å². The van der Waals surface area contributed by atoms with E-state index in [1.807, 2.05) is 0 Å². The number of anilines is 1. The Morgan fingerprint density at radius 2 is 1.77 bits per heavy atom. The van der Waals surface area contributed by atoms with E-state index in [9.17, 15) is 13.2 Å². The molecule has 0 spiro atoms. The molecule has 1 aliphatic heterocycles. The molecule has 0 atom stereocenters. The second-order valence-electron chi connectivity index (χ2n) is 6.82. The zero-order chi connectivity index (χ0) is 22.2. The zero-order valence-electron chi connectivity index (χ0n) is 16.8. The van der Waals surface area contributed by atoms with Gasteiger partial charge in [0.05, 0.1) is 11.3 Å². The number of amides is 1. The van der Waals surface area contributed by atoms with Gasteiger partial charge < -0.3 is 14.8 Å². The van der Waals surface area contributed by atoms with E-state index >= 15 is 0 Å². The SMILES string of the molecule is CCN(C)S(=O)(=O)c1cc2c(cc1Oc1ccc(Br)cc1)Oc1ccccc1NC2=O. The predicted molar refractivity (Wildman–Crippen MR) is 121 cm³/mol. The molecule has 1 amide bonds. The summed E-state index contributed by atoms with van der Waals surface area (Å²) in [5.41, 5.74) is 0.594. The molecule has 7 nitrogen and oxygen atoms in total. The Bertz CT molecular complexity index is 1260. The maximum atomic E-state index is 13.2. The monoisotopic (exact) mass is 502 g/mol. The fourth-order valence-electron chi connectivity index (χ4n) is 3.02. The first kappa shape index (κ1) is 21.4. The lowest BCUT2D eigenvalue weighted by Gasteiger charge is -2.19. The Hall–Kier alpha value is -2.88. The first-order valence-electron chi connectivity index (χ1n) is 9.45. The van der Waals surface area contributed by atoms with Crippen molar-refractivity contribution in [1.29, 1.82) is 0 Å². The number of hydrogen-bond acceptors (Lipinski definition) is 5. The molecule has 1 aliphatic rings. The maximum Gasteiger partial charge on any atom is 0.259 e. The van der Waals surface area contributed by atoms with Gasteiger partial charge in [0.1, 0.15) is 16.4 Å². The highest BCUT2D eigenvalue weighted by Crippen LogP contribution is 2.41. The summed E-state index contributed by atoms with van der Waals surface area (Å²) in [5.74, 6) is 0.690. The molecular weight excluding hydrogens is 484 g/mol. The molecule has 3 aromatic carbocycles. The summed E-state index contributed by atoms with van der Waals surface area (Å²) in [7, 11) is -2.45. The number of nitrogens with one attached hydrogen (secondary N) is 1. The molecule has 0 aromatic heterocycles. The van der Waals surface area contributed by atoms with Crippen LogP contribution in [0.1, 0.15) is 17.3 Å². The van der Waals surface area contributed by atoms with Crippen molar-refractivity contribution in [2.45, 2.75) is 11.8 Å². The number of sulfonamides is 1. The lowest BCUT2D eigenvalue weighted by Crippen LogP contribution is -2.27. The topological polar surface area (TPSA) is 84.9 Å². The standard InChI is InChI=1S/C22H19BrN2O5S/c1-3-25(2)31(27,28)21-12-16-19(13-20(21)29-15-10-8-14(23)9-11-15)30-18-7-5-4-6-17(18)24-22(16)26/h4-13H,3H2,1-2H3,(H,24,26). The van der Waals surface area contributed by atoms with Crippen LogP contribution in [0.5, 0.6) is 23.0 Å². The number of para-hydroxylation sites is 2. The van der Waals surface area contributed by atoms with Gasteiger partial charge >= 0.3 is 0 Å². The molecule has 31 heavy (non-hydrogen) atoms. The van der Waals surface area contributed by atoms with Crippen LogP contribution in [0.15, 0.2) is 70.0 Å². The average molecular weight is 503 g/mol. The van der Waals surface area contributed by atoms with Crippen molar-refractivity contribution in [1.82, 2.24) is 4.31 Å². The van der Waals surface area contributed by atoms with E-state index in [0.717, 1.165) is 4.47 Å². The van der Waals surface area contributed by atoms with Crippen LogP contribution in [0, 0.1) is 0 Å². The van der Waals surface area contributed by atoms with Gasteiger partial charge in [-0.05, 0) is 42.5 Å². The van der Waals surface area contributed by atoms with E-state index < -0.39 is 15.9 Å². The molecule has 0 bridgehead atoms. The first-order chi connectivity index (χ1) is 14.8. The number of rotatable bonds is 5. The van der Waals surface area contributed by atoms with Gasteiger partial charge in [-0.3, -0.25) is 4.79 Å². The molecule has 0 saturated carbocycles.